The van der Waals surface area contributed by atoms with Crippen LogP contribution in [0, 0.1) is 0 Å². The summed E-state index contributed by atoms with van der Waals surface area (Å²) < 4.78 is 0. The Morgan fingerprint density at radius 3 is 2.83 bits per heavy atom. The van der Waals surface area contributed by atoms with E-state index in [1.54, 1.807) is 28.2 Å². The van der Waals surface area contributed by atoms with Gasteiger partial charge in [0.05, 0.1) is 17.5 Å². The molecule has 0 fully saturated rings. The van der Waals surface area contributed by atoms with E-state index in [2.05, 4.69) is 0 Å². The number of fused-ring (bicyclic) bond motifs is 1. The Hall–Kier alpha value is -1.79. The molecule has 6 heteroatoms. The van der Waals surface area contributed by atoms with Gasteiger partial charge in [-0.2, -0.15) is 0 Å². The van der Waals surface area contributed by atoms with Gasteiger partial charge in [0.15, 0.2) is 0 Å². The number of para-hydroxylation sites is 1. The number of hydrogen-bond acceptors (Lipinski definition) is 4. The SMILES string of the molecule is C[C@@H](c1cccs1)N(C)C(=O)CN1C(=O)CSc2ccccc21. The van der Waals surface area contributed by atoms with Crippen molar-refractivity contribution in [3.63, 3.8) is 0 Å². The Bertz CT molecular complexity index is 715. The largest absolute Gasteiger partial charge is 0.337 e. The third kappa shape index (κ3) is 3.28. The Kier molecular flexibility index (Phi) is 4.73. The predicted octanol–water partition coefficient (Wildman–Crippen LogP) is 3.41. The van der Waals surface area contributed by atoms with E-state index in [1.807, 2.05) is 48.7 Å². The zero-order chi connectivity index (χ0) is 16.4. The maximum Gasteiger partial charge on any atom is 0.242 e. The molecule has 1 aromatic heterocycles. The van der Waals surface area contributed by atoms with Crippen LogP contribution >= 0.6 is 23.1 Å². The van der Waals surface area contributed by atoms with E-state index >= 15 is 0 Å². The molecule has 2 heterocycles. The maximum atomic E-state index is 12.6. The quantitative estimate of drug-likeness (QED) is 0.852. The van der Waals surface area contributed by atoms with Crippen molar-refractivity contribution in [2.75, 3.05) is 24.2 Å². The molecule has 0 saturated carbocycles. The van der Waals surface area contributed by atoms with E-state index in [0.29, 0.717) is 5.75 Å². The lowest BCUT2D eigenvalue weighted by atomic mass is 10.2. The molecule has 4 nitrogen and oxygen atoms in total. The first-order valence-corrected chi connectivity index (χ1v) is 9.25. The molecule has 2 aromatic rings. The third-order valence-electron chi connectivity index (χ3n) is 4.03. The minimum Gasteiger partial charge on any atom is -0.337 e. The van der Waals surface area contributed by atoms with Crippen molar-refractivity contribution in [3.8, 4) is 0 Å². The maximum absolute atomic E-state index is 12.6. The predicted molar refractivity (Wildman–Crippen MR) is 95.0 cm³/mol. The zero-order valence-electron chi connectivity index (χ0n) is 13.1. The van der Waals surface area contributed by atoms with Gasteiger partial charge in [-0.3, -0.25) is 9.59 Å². The molecule has 2 amide bonds. The molecule has 0 spiro atoms. The third-order valence-corrected chi connectivity index (χ3v) is 6.12. The summed E-state index contributed by atoms with van der Waals surface area (Å²) in [5.41, 5.74) is 0.833. The van der Waals surface area contributed by atoms with Crippen molar-refractivity contribution in [2.45, 2.75) is 17.9 Å². The summed E-state index contributed by atoms with van der Waals surface area (Å²) in [5, 5.41) is 2.01. The highest BCUT2D eigenvalue weighted by atomic mass is 32.2. The minimum absolute atomic E-state index is 0.00649. The second-order valence-electron chi connectivity index (χ2n) is 5.43. The van der Waals surface area contributed by atoms with Crippen molar-refractivity contribution >= 4 is 40.6 Å². The molecule has 3 rings (SSSR count). The summed E-state index contributed by atoms with van der Waals surface area (Å²) in [5.74, 6) is 0.314. The summed E-state index contributed by atoms with van der Waals surface area (Å²) in [7, 11) is 1.79. The number of nitrogens with zero attached hydrogens (tertiary/aromatic N) is 2. The van der Waals surface area contributed by atoms with Crippen LogP contribution in [-0.2, 0) is 9.59 Å². The summed E-state index contributed by atoms with van der Waals surface area (Å²) in [4.78, 5) is 30.4. The molecule has 0 saturated heterocycles. The van der Waals surface area contributed by atoms with Crippen LogP contribution in [0.4, 0.5) is 5.69 Å². The molecule has 120 valence electrons. The number of carbonyl (C=O) groups excluding carboxylic acids is 2. The van der Waals surface area contributed by atoms with Crippen LogP contribution in [0.15, 0.2) is 46.7 Å². The van der Waals surface area contributed by atoms with Gasteiger partial charge in [-0.05, 0) is 30.5 Å². The molecule has 0 N–H and O–H groups in total. The monoisotopic (exact) mass is 346 g/mol. The Morgan fingerprint density at radius 2 is 2.09 bits per heavy atom. The molecule has 1 aromatic carbocycles. The van der Waals surface area contributed by atoms with Gasteiger partial charge in [-0.25, -0.2) is 0 Å². The first kappa shape index (κ1) is 16.1. The number of amides is 2. The fraction of sp³-hybridized carbons (Fsp3) is 0.294. The minimum atomic E-state index is -0.0547. The van der Waals surface area contributed by atoms with E-state index in [1.165, 1.54) is 11.8 Å². The molecule has 0 unspecified atom stereocenters. The van der Waals surface area contributed by atoms with Gasteiger partial charge in [0.1, 0.15) is 6.54 Å². The molecule has 1 atom stereocenters. The molecule has 1 aliphatic rings. The van der Waals surface area contributed by atoms with Crippen molar-refractivity contribution in [3.05, 3.63) is 46.7 Å². The number of rotatable bonds is 4. The lowest BCUT2D eigenvalue weighted by Gasteiger charge is -2.31. The van der Waals surface area contributed by atoms with E-state index in [4.69, 9.17) is 0 Å². The van der Waals surface area contributed by atoms with Gasteiger partial charge in [-0.1, -0.05) is 18.2 Å². The van der Waals surface area contributed by atoms with E-state index in [0.717, 1.165) is 15.5 Å². The number of carbonyl (C=O) groups is 2. The van der Waals surface area contributed by atoms with Gasteiger partial charge in [-0.15, -0.1) is 23.1 Å². The smallest absolute Gasteiger partial charge is 0.242 e. The summed E-state index contributed by atoms with van der Waals surface area (Å²) >= 11 is 3.16. The number of thiophene rings is 1. The van der Waals surface area contributed by atoms with E-state index in [9.17, 15) is 9.59 Å². The molecule has 0 aliphatic carbocycles. The fourth-order valence-electron chi connectivity index (χ4n) is 2.51. The normalized spacial score (nSPS) is 15.2. The highest BCUT2D eigenvalue weighted by molar-refractivity contribution is 8.00. The molecule has 23 heavy (non-hydrogen) atoms. The second-order valence-corrected chi connectivity index (χ2v) is 7.43. The summed E-state index contributed by atoms with van der Waals surface area (Å²) in [6, 6.07) is 11.7. The zero-order valence-corrected chi connectivity index (χ0v) is 14.7. The number of likely N-dealkylation sites (N-methyl/N-ethyl adjacent to an activating group) is 1. The number of thioether (sulfide) groups is 1. The van der Waals surface area contributed by atoms with Crippen LogP contribution in [0.5, 0.6) is 0 Å². The van der Waals surface area contributed by atoms with Crippen LogP contribution in [-0.4, -0.2) is 36.1 Å². The van der Waals surface area contributed by atoms with E-state index < -0.39 is 0 Å². The standard InChI is InChI=1S/C17H18N2O2S2/c1-12(14-8-5-9-22-14)18(2)16(20)10-19-13-6-3-4-7-15(13)23-11-17(19)21/h3-9,12H,10-11H2,1-2H3/t12-/m0/s1. The van der Waals surface area contributed by atoms with Crippen molar-refractivity contribution in [1.29, 1.82) is 0 Å². The van der Waals surface area contributed by atoms with Crippen molar-refractivity contribution in [1.82, 2.24) is 4.90 Å². The number of anilines is 1. The van der Waals surface area contributed by atoms with Crippen molar-refractivity contribution in [2.24, 2.45) is 0 Å². The summed E-state index contributed by atoms with van der Waals surface area (Å²) in [6.07, 6.45) is 0. The molecule has 0 bridgehead atoms. The molecular weight excluding hydrogens is 328 g/mol. The van der Waals surface area contributed by atoms with Gasteiger partial charge in [0.25, 0.3) is 0 Å². The van der Waals surface area contributed by atoms with Crippen LogP contribution in [0.1, 0.15) is 17.8 Å². The molecule has 1 aliphatic heterocycles. The fourth-order valence-corrected chi connectivity index (χ4v) is 4.27. The first-order valence-electron chi connectivity index (χ1n) is 7.39. The van der Waals surface area contributed by atoms with Gasteiger partial charge in [0.2, 0.25) is 11.8 Å². The molecular formula is C17H18N2O2S2. The van der Waals surface area contributed by atoms with Gasteiger partial charge in [0, 0.05) is 16.8 Å². The lowest BCUT2D eigenvalue weighted by molar-refractivity contribution is -0.131. The molecule has 0 radical (unpaired) electrons. The summed E-state index contributed by atoms with van der Waals surface area (Å²) in [6.45, 7) is 2.09. The topological polar surface area (TPSA) is 40.6 Å². The van der Waals surface area contributed by atoms with Crippen LogP contribution in [0.25, 0.3) is 0 Å². The average Bonchev–Trinajstić information content (AvgIpc) is 3.10. The van der Waals surface area contributed by atoms with Crippen LogP contribution < -0.4 is 4.90 Å². The second kappa shape index (κ2) is 6.76. The number of benzene rings is 1. The first-order chi connectivity index (χ1) is 11.1. The van der Waals surface area contributed by atoms with Gasteiger partial charge >= 0.3 is 0 Å². The van der Waals surface area contributed by atoms with Gasteiger partial charge < -0.3 is 9.80 Å². The average molecular weight is 346 g/mol. The van der Waals surface area contributed by atoms with Crippen molar-refractivity contribution < 1.29 is 9.59 Å². The van der Waals surface area contributed by atoms with Crippen LogP contribution in [0.3, 0.4) is 0 Å². The highest BCUT2D eigenvalue weighted by Crippen LogP contribution is 2.35. The number of hydrogen-bond donors (Lipinski definition) is 0. The Balaban J connectivity index is 1.76. The van der Waals surface area contributed by atoms with Crippen LogP contribution in [0.2, 0.25) is 0 Å². The van der Waals surface area contributed by atoms with E-state index in [-0.39, 0.29) is 24.4 Å². The Morgan fingerprint density at radius 1 is 1.30 bits per heavy atom. The Labute approximate surface area is 144 Å². The highest BCUT2D eigenvalue weighted by Gasteiger charge is 2.28. The lowest BCUT2D eigenvalue weighted by Crippen LogP contribution is -2.44.